The number of aliphatic hydroxyl groups is 2. The molecule has 0 aliphatic heterocycles. The van der Waals surface area contributed by atoms with Crippen molar-refractivity contribution in [2.45, 2.75) is 51.1 Å². The van der Waals surface area contributed by atoms with Crippen molar-refractivity contribution < 1.29 is 59.3 Å². The van der Waals surface area contributed by atoms with E-state index in [-0.39, 0.29) is 126 Å². The first-order chi connectivity index (χ1) is 11.9. The van der Waals surface area contributed by atoms with Gasteiger partial charge in [0.25, 0.3) is 0 Å². The van der Waals surface area contributed by atoms with Crippen LogP contribution in [0.25, 0.3) is 0 Å². The van der Waals surface area contributed by atoms with Crippen molar-refractivity contribution in [3.8, 4) is 0 Å². The quantitative estimate of drug-likeness (QED) is 0.152. The van der Waals surface area contributed by atoms with Gasteiger partial charge in [-0.3, -0.25) is 9.59 Å². The van der Waals surface area contributed by atoms with Gasteiger partial charge in [-0.15, -0.1) is 0 Å². The SMILES string of the molecule is CC(O)COC(CC(=O)O)C(=O)O.CC(O)COC(CC(=O)O)C(=O)O.[Ca].[Ca].[Ca]. The Morgan fingerprint density at radius 3 is 1.03 bits per heavy atom. The smallest absolute Gasteiger partial charge is 0.333 e. The van der Waals surface area contributed by atoms with Crippen LogP contribution >= 0.6 is 0 Å². The molecule has 0 fully saturated rings. The molecular formula is C14H24Ca3O12. The van der Waals surface area contributed by atoms with Gasteiger partial charge in [0.1, 0.15) is 0 Å². The Labute approximate surface area is 256 Å². The summed E-state index contributed by atoms with van der Waals surface area (Å²) >= 11 is 0. The van der Waals surface area contributed by atoms with E-state index in [1.54, 1.807) is 0 Å². The van der Waals surface area contributed by atoms with Crippen LogP contribution in [0.4, 0.5) is 0 Å². The molecule has 6 radical (unpaired) electrons. The maximum Gasteiger partial charge on any atom is 0.333 e. The third-order valence-electron chi connectivity index (χ3n) is 2.35. The monoisotopic (exact) mass is 504 g/mol. The van der Waals surface area contributed by atoms with Crippen LogP contribution < -0.4 is 0 Å². The molecule has 0 amide bonds. The van der Waals surface area contributed by atoms with Crippen LogP contribution in [0.2, 0.25) is 0 Å². The standard InChI is InChI=1S/2C7H12O6.3Ca/c2*1-4(8)3-13-5(7(11)12)2-6(9)10;;;/h2*4-5,8H,2-3H2,1H3,(H,9,10)(H,11,12);;;. The average molecular weight is 505 g/mol. The fourth-order valence-corrected chi connectivity index (χ4v) is 1.26. The largest absolute Gasteiger partial charge is 0.481 e. The van der Waals surface area contributed by atoms with Gasteiger partial charge in [-0.05, 0) is 13.8 Å². The molecule has 4 atom stereocenters. The molecule has 0 saturated carbocycles. The van der Waals surface area contributed by atoms with Crippen molar-refractivity contribution >= 4 is 137 Å². The van der Waals surface area contributed by atoms with Gasteiger partial charge in [0, 0.05) is 113 Å². The Hall–Kier alpha value is 1.50. The molecule has 0 spiro atoms. The van der Waals surface area contributed by atoms with Gasteiger partial charge in [-0.25, -0.2) is 9.59 Å². The fourth-order valence-electron chi connectivity index (χ4n) is 1.26. The van der Waals surface area contributed by atoms with E-state index in [1.165, 1.54) is 13.8 Å². The summed E-state index contributed by atoms with van der Waals surface area (Å²) < 4.78 is 9.29. The number of rotatable bonds is 12. The first-order valence-electron chi connectivity index (χ1n) is 7.35. The summed E-state index contributed by atoms with van der Waals surface area (Å²) in [4.78, 5) is 41.1. The number of hydrogen-bond acceptors (Lipinski definition) is 8. The first kappa shape index (κ1) is 40.8. The van der Waals surface area contributed by atoms with Gasteiger partial charge >= 0.3 is 23.9 Å². The molecule has 158 valence electrons. The third-order valence-corrected chi connectivity index (χ3v) is 2.35. The number of carboxylic acids is 4. The third kappa shape index (κ3) is 29.5. The van der Waals surface area contributed by atoms with Crippen LogP contribution in [0.15, 0.2) is 0 Å². The van der Waals surface area contributed by atoms with Gasteiger partial charge in [-0.2, -0.15) is 0 Å². The van der Waals surface area contributed by atoms with Crippen molar-refractivity contribution in [1.29, 1.82) is 0 Å². The second-order valence-corrected chi connectivity index (χ2v) is 5.21. The van der Waals surface area contributed by atoms with Crippen LogP contribution in [-0.4, -0.2) is 205 Å². The van der Waals surface area contributed by atoms with Gasteiger partial charge in [-0.1, -0.05) is 0 Å². The van der Waals surface area contributed by atoms with Crippen molar-refractivity contribution in [2.24, 2.45) is 0 Å². The number of carboxylic acid groups (broad SMARTS) is 4. The molecule has 0 saturated heterocycles. The molecule has 29 heavy (non-hydrogen) atoms. The number of aliphatic hydroxyl groups excluding tert-OH is 2. The zero-order chi connectivity index (χ0) is 20.9. The molecule has 0 aliphatic carbocycles. The Kier molecular flexibility index (Phi) is 34.0. The predicted octanol–water partition coefficient (Wildman–Crippen LogP) is -2.52. The zero-order valence-corrected chi connectivity index (χ0v) is 23.0. The minimum atomic E-state index is -1.40. The normalized spacial score (nSPS) is 13.4. The topological polar surface area (TPSA) is 208 Å². The van der Waals surface area contributed by atoms with Gasteiger partial charge < -0.3 is 40.1 Å². The van der Waals surface area contributed by atoms with E-state index >= 15 is 0 Å². The maximum absolute atomic E-state index is 10.4. The summed E-state index contributed by atoms with van der Waals surface area (Å²) in [6, 6.07) is 0. The molecular weight excluding hydrogens is 480 g/mol. The molecule has 15 heteroatoms. The summed E-state index contributed by atoms with van der Waals surface area (Å²) in [5.41, 5.74) is 0. The summed E-state index contributed by atoms with van der Waals surface area (Å²) in [5.74, 6) is -5.19. The number of ether oxygens (including phenoxy) is 2. The Balaban J connectivity index is -0.000000120. The summed E-state index contributed by atoms with van der Waals surface area (Å²) in [6.07, 6.45) is -5.63. The molecule has 0 aromatic rings. The second-order valence-electron chi connectivity index (χ2n) is 5.21. The van der Waals surface area contributed by atoms with E-state index < -0.39 is 61.1 Å². The van der Waals surface area contributed by atoms with E-state index in [9.17, 15) is 19.2 Å². The van der Waals surface area contributed by atoms with Gasteiger partial charge in [0.15, 0.2) is 12.2 Å². The van der Waals surface area contributed by atoms with Crippen molar-refractivity contribution in [3.05, 3.63) is 0 Å². The molecule has 12 nitrogen and oxygen atoms in total. The van der Waals surface area contributed by atoms with E-state index in [0.717, 1.165) is 0 Å². The molecule has 4 unspecified atom stereocenters. The molecule has 6 N–H and O–H groups in total. The molecule has 0 rings (SSSR count). The van der Waals surface area contributed by atoms with Gasteiger partial charge in [0.2, 0.25) is 0 Å². The van der Waals surface area contributed by atoms with Crippen LogP contribution in [0.3, 0.4) is 0 Å². The zero-order valence-electron chi connectivity index (χ0n) is 16.4. The summed E-state index contributed by atoms with van der Waals surface area (Å²) in [5, 5.41) is 51.0. The van der Waals surface area contributed by atoms with Crippen LogP contribution in [0.1, 0.15) is 26.7 Å². The molecule has 0 aromatic carbocycles. The van der Waals surface area contributed by atoms with Crippen LogP contribution in [0, 0.1) is 0 Å². The maximum atomic E-state index is 10.4. The summed E-state index contributed by atoms with van der Waals surface area (Å²) in [6.45, 7) is 2.45. The van der Waals surface area contributed by atoms with Crippen LogP contribution in [0.5, 0.6) is 0 Å². The molecule has 0 aliphatic rings. The van der Waals surface area contributed by atoms with E-state index in [4.69, 9.17) is 30.6 Å². The number of carbonyl (C=O) groups is 4. The van der Waals surface area contributed by atoms with E-state index in [0.29, 0.717) is 0 Å². The number of hydrogen-bond donors (Lipinski definition) is 6. The minimum absolute atomic E-state index is 0. The van der Waals surface area contributed by atoms with Gasteiger partial charge in [0.05, 0.1) is 38.3 Å². The first-order valence-corrected chi connectivity index (χ1v) is 7.35. The van der Waals surface area contributed by atoms with Crippen molar-refractivity contribution in [3.63, 3.8) is 0 Å². The molecule has 0 heterocycles. The Morgan fingerprint density at radius 1 is 0.655 bits per heavy atom. The van der Waals surface area contributed by atoms with E-state index in [1.807, 2.05) is 0 Å². The molecule has 0 aromatic heterocycles. The fraction of sp³-hybridized carbons (Fsp3) is 0.714. The predicted molar refractivity (Wildman–Crippen MR) is 99.9 cm³/mol. The Morgan fingerprint density at radius 2 is 0.897 bits per heavy atom. The summed E-state index contributed by atoms with van der Waals surface area (Å²) in [7, 11) is 0. The Bertz CT molecular complexity index is 431. The van der Waals surface area contributed by atoms with Crippen LogP contribution in [-0.2, 0) is 28.7 Å². The van der Waals surface area contributed by atoms with Crippen molar-refractivity contribution in [2.75, 3.05) is 13.2 Å². The van der Waals surface area contributed by atoms with Crippen molar-refractivity contribution in [1.82, 2.24) is 0 Å². The second kappa shape index (κ2) is 24.1. The molecule has 0 bridgehead atoms. The van der Waals surface area contributed by atoms with E-state index in [2.05, 4.69) is 9.47 Å². The average Bonchev–Trinajstić information content (AvgIpc) is 2.46. The minimum Gasteiger partial charge on any atom is -0.481 e. The number of aliphatic carboxylic acids is 4.